The SMILES string of the molecule is CCCN(CC(N)c1cccc(OC)c1)C1CC1. The van der Waals surface area contributed by atoms with E-state index in [1.807, 2.05) is 18.2 Å². The van der Waals surface area contributed by atoms with E-state index in [2.05, 4.69) is 17.9 Å². The Morgan fingerprint density at radius 1 is 1.44 bits per heavy atom. The summed E-state index contributed by atoms with van der Waals surface area (Å²) >= 11 is 0. The van der Waals surface area contributed by atoms with Crippen LogP contribution in [0.1, 0.15) is 37.8 Å². The fourth-order valence-corrected chi connectivity index (χ4v) is 2.38. The number of rotatable bonds is 7. The zero-order valence-electron chi connectivity index (χ0n) is 11.4. The lowest BCUT2D eigenvalue weighted by atomic mass is 10.1. The molecule has 100 valence electrons. The first-order valence-electron chi connectivity index (χ1n) is 6.88. The number of ether oxygens (including phenoxy) is 1. The highest BCUT2D eigenvalue weighted by Gasteiger charge is 2.29. The van der Waals surface area contributed by atoms with Crippen molar-refractivity contribution in [2.45, 2.75) is 38.3 Å². The van der Waals surface area contributed by atoms with Crippen LogP contribution in [0.3, 0.4) is 0 Å². The van der Waals surface area contributed by atoms with Crippen LogP contribution in [0.4, 0.5) is 0 Å². The maximum absolute atomic E-state index is 6.32. The smallest absolute Gasteiger partial charge is 0.119 e. The first-order chi connectivity index (χ1) is 8.74. The van der Waals surface area contributed by atoms with Crippen LogP contribution in [-0.4, -0.2) is 31.1 Å². The molecule has 1 aromatic carbocycles. The van der Waals surface area contributed by atoms with Crippen LogP contribution in [0.25, 0.3) is 0 Å². The van der Waals surface area contributed by atoms with Crippen molar-refractivity contribution in [3.8, 4) is 5.75 Å². The third kappa shape index (κ3) is 3.47. The van der Waals surface area contributed by atoms with Crippen molar-refractivity contribution in [2.75, 3.05) is 20.2 Å². The van der Waals surface area contributed by atoms with E-state index in [-0.39, 0.29) is 6.04 Å². The highest BCUT2D eigenvalue weighted by Crippen LogP contribution is 2.28. The predicted molar refractivity (Wildman–Crippen MR) is 74.8 cm³/mol. The molecule has 1 atom stereocenters. The molecule has 0 heterocycles. The van der Waals surface area contributed by atoms with E-state index < -0.39 is 0 Å². The average molecular weight is 248 g/mol. The van der Waals surface area contributed by atoms with E-state index in [9.17, 15) is 0 Å². The van der Waals surface area contributed by atoms with Crippen molar-refractivity contribution < 1.29 is 4.74 Å². The molecule has 0 radical (unpaired) electrons. The first-order valence-corrected chi connectivity index (χ1v) is 6.88. The van der Waals surface area contributed by atoms with Crippen molar-refractivity contribution >= 4 is 0 Å². The van der Waals surface area contributed by atoms with Crippen LogP contribution in [0, 0.1) is 0 Å². The van der Waals surface area contributed by atoms with Gasteiger partial charge in [-0.1, -0.05) is 19.1 Å². The van der Waals surface area contributed by atoms with E-state index in [1.54, 1.807) is 7.11 Å². The molecular formula is C15H24N2O. The summed E-state index contributed by atoms with van der Waals surface area (Å²) in [5.74, 6) is 0.886. The number of hydrogen-bond donors (Lipinski definition) is 1. The van der Waals surface area contributed by atoms with Gasteiger partial charge >= 0.3 is 0 Å². The highest BCUT2D eigenvalue weighted by atomic mass is 16.5. The van der Waals surface area contributed by atoms with Crippen molar-refractivity contribution in [3.63, 3.8) is 0 Å². The molecule has 2 N–H and O–H groups in total. The molecule has 1 aliphatic rings. The van der Waals surface area contributed by atoms with Crippen molar-refractivity contribution in [3.05, 3.63) is 29.8 Å². The Morgan fingerprint density at radius 2 is 2.22 bits per heavy atom. The highest BCUT2D eigenvalue weighted by molar-refractivity contribution is 5.30. The number of nitrogens with two attached hydrogens (primary N) is 1. The van der Waals surface area contributed by atoms with Gasteiger partial charge in [0.25, 0.3) is 0 Å². The lowest BCUT2D eigenvalue weighted by Gasteiger charge is -2.25. The van der Waals surface area contributed by atoms with Gasteiger partial charge in [-0.2, -0.15) is 0 Å². The summed E-state index contributed by atoms with van der Waals surface area (Å²) in [4.78, 5) is 2.53. The normalized spacial score (nSPS) is 16.9. The molecule has 3 heteroatoms. The molecule has 0 amide bonds. The van der Waals surface area contributed by atoms with Gasteiger partial charge in [-0.15, -0.1) is 0 Å². The molecule has 0 aliphatic heterocycles. The van der Waals surface area contributed by atoms with Crippen LogP contribution in [0.5, 0.6) is 5.75 Å². The predicted octanol–water partition coefficient (Wildman–Crippen LogP) is 2.57. The largest absolute Gasteiger partial charge is 0.497 e. The average Bonchev–Trinajstić information content (AvgIpc) is 3.22. The fraction of sp³-hybridized carbons (Fsp3) is 0.600. The molecule has 1 fully saturated rings. The molecule has 1 saturated carbocycles. The lowest BCUT2D eigenvalue weighted by Crippen LogP contribution is -2.34. The van der Waals surface area contributed by atoms with E-state index in [0.717, 1.165) is 30.4 Å². The molecule has 1 aromatic rings. The summed E-state index contributed by atoms with van der Waals surface area (Å²) in [5, 5.41) is 0. The Kier molecular flexibility index (Phi) is 4.61. The Morgan fingerprint density at radius 3 is 2.83 bits per heavy atom. The number of nitrogens with zero attached hydrogens (tertiary/aromatic N) is 1. The molecule has 0 aromatic heterocycles. The van der Waals surface area contributed by atoms with Gasteiger partial charge in [0, 0.05) is 18.6 Å². The van der Waals surface area contributed by atoms with Gasteiger partial charge in [-0.25, -0.2) is 0 Å². The Labute approximate surface area is 110 Å². The monoisotopic (exact) mass is 248 g/mol. The summed E-state index contributed by atoms with van der Waals surface area (Å²) in [6.45, 7) is 4.33. The van der Waals surface area contributed by atoms with Gasteiger partial charge in [0.15, 0.2) is 0 Å². The van der Waals surface area contributed by atoms with Gasteiger partial charge < -0.3 is 10.5 Å². The van der Waals surface area contributed by atoms with E-state index in [0.29, 0.717) is 0 Å². The topological polar surface area (TPSA) is 38.5 Å². The van der Waals surface area contributed by atoms with Crippen LogP contribution >= 0.6 is 0 Å². The second kappa shape index (κ2) is 6.21. The van der Waals surface area contributed by atoms with Crippen LogP contribution < -0.4 is 10.5 Å². The molecule has 2 rings (SSSR count). The van der Waals surface area contributed by atoms with Crippen LogP contribution in [0.15, 0.2) is 24.3 Å². The third-order valence-corrected chi connectivity index (χ3v) is 3.53. The van der Waals surface area contributed by atoms with E-state index >= 15 is 0 Å². The maximum atomic E-state index is 6.32. The molecular weight excluding hydrogens is 224 g/mol. The zero-order chi connectivity index (χ0) is 13.0. The summed E-state index contributed by atoms with van der Waals surface area (Å²) in [5.41, 5.74) is 7.48. The quantitative estimate of drug-likeness (QED) is 0.806. The van der Waals surface area contributed by atoms with Crippen molar-refractivity contribution in [2.24, 2.45) is 5.73 Å². The molecule has 1 aliphatic carbocycles. The van der Waals surface area contributed by atoms with Gasteiger partial charge in [0.05, 0.1) is 7.11 Å². The molecule has 0 spiro atoms. The lowest BCUT2D eigenvalue weighted by molar-refractivity contribution is 0.248. The molecule has 18 heavy (non-hydrogen) atoms. The summed E-state index contributed by atoms with van der Waals surface area (Å²) < 4.78 is 5.25. The van der Waals surface area contributed by atoms with Gasteiger partial charge in [0.2, 0.25) is 0 Å². The fourth-order valence-electron chi connectivity index (χ4n) is 2.38. The number of benzene rings is 1. The van der Waals surface area contributed by atoms with E-state index in [4.69, 9.17) is 10.5 Å². The van der Waals surface area contributed by atoms with Gasteiger partial charge in [-0.05, 0) is 43.5 Å². The minimum absolute atomic E-state index is 0.0762. The summed E-state index contributed by atoms with van der Waals surface area (Å²) in [6.07, 6.45) is 3.87. The van der Waals surface area contributed by atoms with Crippen LogP contribution in [-0.2, 0) is 0 Å². The minimum atomic E-state index is 0.0762. The second-order valence-electron chi connectivity index (χ2n) is 5.11. The van der Waals surface area contributed by atoms with Crippen molar-refractivity contribution in [1.82, 2.24) is 4.90 Å². The Bertz CT molecular complexity index is 377. The maximum Gasteiger partial charge on any atom is 0.119 e. The molecule has 0 bridgehead atoms. The summed E-state index contributed by atoms with van der Waals surface area (Å²) in [6, 6.07) is 8.95. The van der Waals surface area contributed by atoms with Crippen LogP contribution in [0.2, 0.25) is 0 Å². The van der Waals surface area contributed by atoms with Crippen molar-refractivity contribution in [1.29, 1.82) is 0 Å². The van der Waals surface area contributed by atoms with Gasteiger partial charge in [0.1, 0.15) is 5.75 Å². The second-order valence-corrected chi connectivity index (χ2v) is 5.11. The van der Waals surface area contributed by atoms with Gasteiger partial charge in [-0.3, -0.25) is 4.90 Å². The molecule has 0 saturated heterocycles. The Balaban J connectivity index is 1.98. The summed E-state index contributed by atoms with van der Waals surface area (Å²) in [7, 11) is 1.69. The minimum Gasteiger partial charge on any atom is -0.497 e. The molecule has 1 unspecified atom stereocenters. The number of hydrogen-bond acceptors (Lipinski definition) is 3. The Hall–Kier alpha value is -1.06. The zero-order valence-corrected chi connectivity index (χ0v) is 11.4. The number of methoxy groups -OCH3 is 1. The third-order valence-electron chi connectivity index (χ3n) is 3.53. The standard InChI is InChI=1S/C15H24N2O/c1-3-9-17(13-7-8-13)11-15(16)12-5-4-6-14(10-12)18-2/h4-6,10,13,15H,3,7-9,11,16H2,1-2H3. The van der Waals surface area contributed by atoms with E-state index in [1.165, 1.54) is 19.3 Å². The first kappa shape index (κ1) is 13.4. The molecule has 3 nitrogen and oxygen atoms in total.